The Hall–Kier alpha value is -2.18. The van der Waals surface area contributed by atoms with Crippen molar-refractivity contribution in [1.29, 1.82) is 5.26 Å². The quantitative estimate of drug-likeness (QED) is 0.662. The standard InChI is InChI=1S/C16H9BrN2/c17-15-3-1-2-12(8-15)14-7-13-6-11(9-18)4-5-16(13)19-10-14/h1-8,10H. The molecule has 2 aromatic carbocycles. The molecular weight excluding hydrogens is 300 g/mol. The van der Waals surface area contributed by atoms with E-state index in [1.165, 1.54) is 0 Å². The van der Waals surface area contributed by atoms with Gasteiger partial charge in [0.05, 0.1) is 17.1 Å². The molecule has 0 aliphatic carbocycles. The predicted octanol–water partition coefficient (Wildman–Crippen LogP) is 4.54. The third-order valence-corrected chi connectivity index (χ3v) is 3.46. The summed E-state index contributed by atoms with van der Waals surface area (Å²) in [6.07, 6.45) is 1.86. The summed E-state index contributed by atoms with van der Waals surface area (Å²) in [6, 6.07) is 17.8. The van der Waals surface area contributed by atoms with Gasteiger partial charge in [0.1, 0.15) is 0 Å². The summed E-state index contributed by atoms with van der Waals surface area (Å²) < 4.78 is 1.04. The minimum Gasteiger partial charge on any atom is -0.256 e. The van der Waals surface area contributed by atoms with E-state index in [1.807, 2.05) is 36.5 Å². The molecule has 0 atom stereocenters. The maximum absolute atomic E-state index is 8.94. The normalized spacial score (nSPS) is 10.3. The lowest BCUT2D eigenvalue weighted by Crippen LogP contribution is -1.84. The molecule has 1 aromatic heterocycles. The molecule has 3 heteroatoms. The molecule has 3 aromatic rings. The van der Waals surface area contributed by atoms with Gasteiger partial charge in [0.15, 0.2) is 0 Å². The van der Waals surface area contributed by atoms with Crippen LogP contribution >= 0.6 is 15.9 Å². The Morgan fingerprint density at radius 2 is 1.89 bits per heavy atom. The van der Waals surface area contributed by atoms with E-state index in [0.29, 0.717) is 5.56 Å². The maximum Gasteiger partial charge on any atom is 0.0991 e. The molecule has 0 aliphatic heterocycles. The molecule has 0 saturated heterocycles. The van der Waals surface area contributed by atoms with Crippen LogP contribution in [0, 0.1) is 11.3 Å². The average Bonchev–Trinajstić information content (AvgIpc) is 2.46. The molecule has 0 amide bonds. The zero-order valence-corrected chi connectivity index (χ0v) is 11.6. The molecule has 90 valence electrons. The molecular formula is C16H9BrN2. The molecule has 0 fully saturated rings. The van der Waals surface area contributed by atoms with Crippen molar-refractivity contribution in [3.8, 4) is 17.2 Å². The fourth-order valence-corrected chi connectivity index (χ4v) is 2.43. The van der Waals surface area contributed by atoms with Gasteiger partial charge in [-0.3, -0.25) is 4.98 Å². The molecule has 19 heavy (non-hydrogen) atoms. The van der Waals surface area contributed by atoms with Gasteiger partial charge in [-0.1, -0.05) is 28.1 Å². The van der Waals surface area contributed by atoms with Crippen molar-refractivity contribution in [3.63, 3.8) is 0 Å². The summed E-state index contributed by atoms with van der Waals surface area (Å²) in [6.45, 7) is 0. The van der Waals surface area contributed by atoms with Crippen LogP contribution in [0.2, 0.25) is 0 Å². The van der Waals surface area contributed by atoms with Crippen LogP contribution in [-0.2, 0) is 0 Å². The number of benzene rings is 2. The van der Waals surface area contributed by atoms with E-state index in [-0.39, 0.29) is 0 Å². The first kappa shape index (κ1) is 11.9. The zero-order chi connectivity index (χ0) is 13.2. The van der Waals surface area contributed by atoms with Gasteiger partial charge >= 0.3 is 0 Å². The number of hydrogen-bond donors (Lipinski definition) is 0. The van der Waals surface area contributed by atoms with E-state index in [1.54, 1.807) is 6.07 Å². The second-order valence-corrected chi connectivity index (χ2v) is 5.17. The van der Waals surface area contributed by atoms with Crippen molar-refractivity contribution in [1.82, 2.24) is 4.98 Å². The molecule has 0 spiro atoms. The van der Waals surface area contributed by atoms with E-state index in [2.05, 4.69) is 39.1 Å². The number of halogens is 1. The molecule has 0 bridgehead atoms. The first-order valence-electron chi connectivity index (χ1n) is 5.82. The Morgan fingerprint density at radius 1 is 1.00 bits per heavy atom. The van der Waals surface area contributed by atoms with Crippen molar-refractivity contribution in [2.45, 2.75) is 0 Å². The van der Waals surface area contributed by atoms with E-state index < -0.39 is 0 Å². The fourth-order valence-electron chi connectivity index (χ4n) is 2.03. The van der Waals surface area contributed by atoms with Gasteiger partial charge in [-0.25, -0.2) is 0 Å². The van der Waals surface area contributed by atoms with Crippen molar-refractivity contribution >= 4 is 26.8 Å². The lowest BCUT2D eigenvalue weighted by molar-refractivity contribution is 1.40. The number of rotatable bonds is 1. The summed E-state index contributed by atoms with van der Waals surface area (Å²) in [7, 11) is 0. The number of aromatic nitrogens is 1. The molecule has 1 heterocycles. The van der Waals surface area contributed by atoms with Crippen LogP contribution in [0.1, 0.15) is 5.56 Å². The minimum atomic E-state index is 0.653. The molecule has 0 aliphatic rings. The second-order valence-electron chi connectivity index (χ2n) is 4.25. The van der Waals surface area contributed by atoms with Crippen molar-refractivity contribution in [2.75, 3.05) is 0 Å². The Bertz CT molecular complexity index is 803. The highest BCUT2D eigenvalue weighted by Gasteiger charge is 2.02. The van der Waals surface area contributed by atoms with Crippen molar-refractivity contribution in [3.05, 3.63) is 64.8 Å². The first-order chi connectivity index (χ1) is 9.26. The molecule has 0 saturated carbocycles. The molecule has 0 N–H and O–H groups in total. The summed E-state index contributed by atoms with van der Waals surface area (Å²) in [5.41, 5.74) is 3.70. The lowest BCUT2D eigenvalue weighted by atomic mass is 10.0. The lowest BCUT2D eigenvalue weighted by Gasteiger charge is -2.04. The van der Waals surface area contributed by atoms with Crippen LogP contribution in [0.25, 0.3) is 22.0 Å². The zero-order valence-electron chi connectivity index (χ0n) is 9.97. The molecule has 3 rings (SSSR count). The summed E-state index contributed by atoms with van der Waals surface area (Å²) in [4.78, 5) is 4.44. The highest BCUT2D eigenvalue weighted by atomic mass is 79.9. The van der Waals surface area contributed by atoms with Gasteiger partial charge in [-0.15, -0.1) is 0 Å². The smallest absolute Gasteiger partial charge is 0.0991 e. The Kier molecular flexibility index (Phi) is 3.02. The average molecular weight is 309 g/mol. The fraction of sp³-hybridized carbons (Fsp3) is 0. The molecule has 0 radical (unpaired) electrons. The van der Waals surface area contributed by atoms with Crippen LogP contribution in [0.3, 0.4) is 0 Å². The number of nitrogens with zero attached hydrogens (tertiary/aromatic N) is 2. The van der Waals surface area contributed by atoms with Crippen LogP contribution in [0.5, 0.6) is 0 Å². The summed E-state index contributed by atoms with van der Waals surface area (Å²) >= 11 is 3.47. The Labute approximate surface area is 119 Å². The van der Waals surface area contributed by atoms with Gasteiger partial charge in [-0.2, -0.15) is 5.26 Å². The van der Waals surface area contributed by atoms with Gasteiger partial charge in [0.2, 0.25) is 0 Å². The van der Waals surface area contributed by atoms with E-state index in [4.69, 9.17) is 5.26 Å². The number of fused-ring (bicyclic) bond motifs is 1. The second kappa shape index (κ2) is 4.83. The SMILES string of the molecule is N#Cc1ccc2ncc(-c3cccc(Br)c3)cc2c1. The largest absolute Gasteiger partial charge is 0.256 e. The summed E-state index contributed by atoms with van der Waals surface area (Å²) in [5.74, 6) is 0. The van der Waals surface area contributed by atoms with Gasteiger partial charge in [0.25, 0.3) is 0 Å². The maximum atomic E-state index is 8.94. The highest BCUT2D eigenvalue weighted by Crippen LogP contribution is 2.25. The number of nitriles is 1. The Morgan fingerprint density at radius 3 is 2.68 bits per heavy atom. The summed E-state index contributed by atoms with van der Waals surface area (Å²) in [5, 5.41) is 9.93. The topological polar surface area (TPSA) is 36.7 Å². The van der Waals surface area contributed by atoms with Crippen molar-refractivity contribution < 1.29 is 0 Å². The molecule has 0 unspecified atom stereocenters. The predicted molar refractivity (Wildman–Crippen MR) is 79.6 cm³/mol. The number of pyridine rings is 1. The van der Waals surface area contributed by atoms with Crippen LogP contribution in [0.4, 0.5) is 0 Å². The third-order valence-electron chi connectivity index (χ3n) is 2.97. The minimum absolute atomic E-state index is 0.653. The van der Waals surface area contributed by atoms with Crippen LogP contribution in [0.15, 0.2) is 59.2 Å². The van der Waals surface area contributed by atoms with E-state index in [0.717, 1.165) is 26.5 Å². The van der Waals surface area contributed by atoms with Gasteiger partial charge in [0, 0.05) is 21.6 Å². The third kappa shape index (κ3) is 2.35. The highest BCUT2D eigenvalue weighted by molar-refractivity contribution is 9.10. The van der Waals surface area contributed by atoms with E-state index in [9.17, 15) is 0 Å². The van der Waals surface area contributed by atoms with Gasteiger partial charge < -0.3 is 0 Å². The van der Waals surface area contributed by atoms with Gasteiger partial charge in [-0.05, 0) is 42.0 Å². The Balaban J connectivity index is 2.18. The monoisotopic (exact) mass is 308 g/mol. The molecule has 2 nitrogen and oxygen atoms in total. The van der Waals surface area contributed by atoms with E-state index >= 15 is 0 Å². The number of hydrogen-bond acceptors (Lipinski definition) is 2. The van der Waals surface area contributed by atoms with Crippen LogP contribution in [-0.4, -0.2) is 4.98 Å². The first-order valence-corrected chi connectivity index (χ1v) is 6.61. The van der Waals surface area contributed by atoms with Crippen molar-refractivity contribution in [2.24, 2.45) is 0 Å². The van der Waals surface area contributed by atoms with Crippen LogP contribution < -0.4 is 0 Å².